The fourth-order valence-corrected chi connectivity index (χ4v) is 2.21. The third-order valence-corrected chi connectivity index (χ3v) is 3.66. The molecule has 1 aliphatic rings. The van der Waals surface area contributed by atoms with Gasteiger partial charge in [0.25, 0.3) is 0 Å². The van der Waals surface area contributed by atoms with Crippen molar-refractivity contribution in [2.24, 2.45) is 11.7 Å². The maximum Gasteiger partial charge on any atom is 0.133 e. The molecule has 1 aromatic rings. The summed E-state index contributed by atoms with van der Waals surface area (Å²) in [5, 5.41) is 0. The van der Waals surface area contributed by atoms with Gasteiger partial charge in [0.15, 0.2) is 0 Å². The highest BCUT2D eigenvalue weighted by molar-refractivity contribution is 9.10. The van der Waals surface area contributed by atoms with Crippen LogP contribution in [0, 0.1) is 5.92 Å². The average molecular weight is 284 g/mol. The van der Waals surface area contributed by atoms with Crippen molar-refractivity contribution in [1.82, 2.24) is 0 Å². The lowest BCUT2D eigenvalue weighted by Gasteiger charge is -2.12. The molecule has 2 N–H and O–H groups in total. The molecule has 1 fully saturated rings. The largest absolute Gasteiger partial charge is 0.492 e. The maximum atomic E-state index is 5.81. The van der Waals surface area contributed by atoms with E-state index < -0.39 is 0 Å². The summed E-state index contributed by atoms with van der Waals surface area (Å²) in [6.07, 6.45) is 3.51. The molecule has 88 valence electrons. The van der Waals surface area contributed by atoms with E-state index in [4.69, 9.17) is 10.5 Å². The van der Waals surface area contributed by atoms with Crippen LogP contribution in [0.15, 0.2) is 22.7 Å². The lowest BCUT2D eigenvalue weighted by atomic mass is 10.1. The van der Waals surface area contributed by atoms with E-state index in [1.807, 2.05) is 19.1 Å². The lowest BCUT2D eigenvalue weighted by Crippen LogP contribution is -2.18. The second kappa shape index (κ2) is 5.19. The number of benzene rings is 1. The highest BCUT2D eigenvalue weighted by Crippen LogP contribution is 2.33. The average Bonchev–Trinajstić information content (AvgIpc) is 3.02. The summed E-state index contributed by atoms with van der Waals surface area (Å²) in [7, 11) is 0. The first kappa shape index (κ1) is 11.9. The van der Waals surface area contributed by atoms with Gasteiger partial charge in [0.1, 0.15) is 5.75 Å². The SMILES string of the molecule is CC(N)Cc1cccc(OCC2CC2)c1Br. The van der Waals surface area contributed by atoms with E-state index in [9.17, 15) is 0 Å². The molecule has 2 rings (SSSR count). The van der Waals surface area contributed by atoms with Crippen molar-refractivity contribution in [2.75, 3.05) is 6.61 Å². The monoisotopic (exact) mass is 283 g/mol. The molecule has 0 amide bonds. The molecule has 1 atom stereocenters. The Morgan fingerprint density at radius 3 is 2.88 bits per heavy atom. The van der Waals surface area contributed by atoms with Crippen LogP contribution in [0.5, 0.6) is 5.75 Å². The first-order valence-electron chi connectivity index (χ1n) is 5.82. The first-order valence-corrected chi connectivity index (χ1v) is 6.62. The molecule has 1 unspecified atom stereocenters. The van der Waals surface area contributed by atoms with Crippen LogP contribution in [-0.4, -0.2) is 12.6 Å². The predicted molar refractivity (Wildman–Crippen MR) is 69.7 cm³/mol. The van der Waals surface area contributed by atoms with Crippen molar-refractivity contribution in [1.29, 1.82) is 0 Å². The fourth-order valence-electron chi connectivity index (χ4n) is 1.66. The summed E-state index contributed by atoms with van der Waals surface area (Å²) in [5.74, 6) is 1.73. The predicted octanol–water partition coefficient (Wildman–Crippen LogP) is 3.13. The summed E-state index contributed by atoms with van der Waals surface area (Å²) in [5.41, 5.74) is 7.04. The van der Waals surface area contributed by atoms with Crippen LogP contribution in [0.25, 0.3) is 0 Å². The van der Waals surface area contributed by atoms with Crippen molar-refractivity contribution >= 4 is 15.9 Å². The minimum atomic E-state index is 0.176. The van der Waals surface area contributed by atoms with Gasteiger partial charge in [-0.15, -0.1) is 0 Å². The molecule has 0 heterocycles. The Kier molecular flexibility index (Phi) is 3.87. The molecular formula is C13H18BrNO. The van der Waals surface area contributed by atoms with Gasteiger partial charge in [-0.1, -0.05) is 12.1 Å². The van der Waals surface area contributed by atoms with E-state index in [1.165, 1.54) is 18.4 Å². The number of nitrogens with two attached hydrogens (primary N) is 1. The minimum absolute atomic E-state index is 0.176. The quantitative estimate of drug-likeness (QED) is 0.901. The zero-order valence-electron chi connectivity index (χ0n) is 9.58. The van der Waals surface area contributed by atoms with E-state index >= 15 is 0 Å². The van der Waals surface area contributed by atoms with Gasteiger partial charge in [0, 0.05) is 6.04 Å². The van der Waals surface area contributed by atoms with Crippen molar-refractivity contribution in [3.63, 3.8) is 0 Å². The van der Waals surface area contributed by atoms with Crippen molar-refractivity contribution in [3.8, 4) is 5.75 Å². The molecule has 0 saturated heterocycles. The van der Waals surface area contributed by atoms with Crippen molar-refractivity contribution in [2.45, 2.75) is 32.2 Å². The number of hydrogen-bond donors (Lipinski definition) is 1. The van der Waals surface area contributed by atoms with Crippen LogP contribution in [0.2, 0.25) is 0 Å². The molecule has 1 aromatic carbocycles. The third-order valence-electron chi connectivity index (χ3n) is 2.76. The topological polar surface area (TPSA) is 35.2 Å². The summed E-state index contributed by atoms with van der Waals surface area (Å²) < 4.78 is 6.86. The van der Waals surface area contributed by atoms with Gasteiger partial charge in [-0.2, -0.15) is 0 Å². The Hall–Kier alpha value is -0.540. The molecular weight excluding hydrogens is 266 g/mol. The van der Waals surface area contributed by atoms with Gasteiger partial charge < -0.3 is 10.5 Å². The van der Waals surface area contributed by atoms with Gasteiger partial charge in [-0.3, -0.25) is 0 Å². The third kappa shape index (κ3) is 3.22. The summed E-state index contributed by atoms with van der Waals surface area (Å²) in [6.45, 7) is 2.87. The lowest BCUT2D eigenvalue weighted by molar-refractivity contribution is 0.297. The molecule has 0 radical (unpaired) electrons. The summed E-state index contributed by atoms with van der Waals surface area (Å²) in [6, 6.07) is 6.31. The molecule has 0 aliphatic heterocycles. The molecule has 16 heavy (non-hydrogen) atoms. The molecule has 1 saturated carbocycles. The van der Waals surface area contributed by atoms with Crippen LogP contribution >= 0.6 is 15.9 Å². The Morgan fingerprint density at radius 1 is 1.50 bits per heavy atom. The highest BCUT2D eigenvalue weighted by atomic mass is 79.9. The van der Waals surface area contributed by atoms with Gasteiger partial charge >= 0.3 is 0 Å². The number of hydrogen-bond acceptors (Lipinski definition) is 2. The maximum absolute atomic E-state index is 5.81. The second-order valence-electron chi connectivity index (χ2n) is 4.67. The van der Waals surface area contributed by atoms with Crippen LogP contribution in [0.3, 0.4) is 0 Å². The fraction of sp³-hybridized carbons (Fsp3) is 0.538. The van der Waals surface area contributed by atoms with Crippen LogP contribution in [0.1, 0.15) is 25.3 Å². The Balaban J connectivity index is 2.05. The van der Waals surface area contributed by atoms with Crippen molar-refractivity contribution in [3.05, 3.63) is 28.2 Å². The molecule has 0 bridgehead atoms. The Bertz CT molecular complexity index is 361. The standard InChI is InChI=1S/C13H18BrNO/c1-9(15)7-11-3-2-4-12(13(11)14)16-8-10-5-6-10/h2-4,9-10H,5-8,15H2,1H3. The highest BCUT2D eigenvalue weighted by Gasteiger charge is 2.22. The number of halogens is 1. The van der Waals surface area contributed by atoms with E-state index in [0.29, 0.717) is 0 Å². The molecule has 0 aromatic heterocycles. The summed E-state index contributed by atoms with van der Waals surface area (Å²) in [4.78, 5) is 0. The van der Waals surface area contributed by atoms with Crippen LogP contribution in [-0.2, 0) is 6.42 Å². The van der Waals surface area contributed by atoms with E-state index in [1.54, 1.807) is 0 Å². The van der Waals surface area contributed by atoms with E-state index in [-0.39, 0.29) is 6.04 Å². The zero-order valence-corrected chi connectivity index (χ0v) is 11.2. The molecule has 0 spiro atoms. The van der Waals surface area contributed by atoms with Gasteiger partial charge in [-0.05, 0) is 59.7 Å². The van der Waals surface area contributed by atoms with Gasteiger partial charge in [0.05, 0.1) is 11.1 Å². The molecule has 3 heteroatoms. The van der Waals surface area contributed by atoms with Gasteiger partial charge in [0.2, 0.25) is 0 Å². The van der Waals surface area contributed by atoms with E-state index in [2.05, 4.69) is 22.0 Å². The van der Waals surface area contributed by atoms with Gasteiger partial charge in [-0.25, -0.2) is 0 Å². The number of rotatable bonds is 5. The normalized spacial score (nSPS) is 17.2. The molecule has 1 aliphatic carbocycles. The van der Waals surface area contributed by atoms with Crippen LogP contribution in [0.4, 0.5) is 0 Å². The Labute approximate surface area is 105 Å². The smallest absolute Gasteiger partial charge is 0.133 e. The Morgan fingerprint density at radius 2 is 2.25 bits per heavy atom. The van der Waals surface area contributed by atoms with E-state index in [0.717, 1.165) is 29.2 Å². The molecule has 2 nitrogen and oxygen atoms in total. The van der Waals surface area contributed by atoms with Crippen LogP contribution < -0.4 is 10.5 Å². The zero-order chi connectivity index (χ0) is 11.5. The minimum Gasteiger partial charge on any atom is -0.492 e. The first-order chi connectivity index (χ1) is 7.66. The second-order valence-corrected chi connectivity index (χ2v) is 5.46. The number of ether oxygens (including phenoxy) is 1. The summed E-state index contributed by atoms with van der Waals surface area (Å²) >= 11 is 3.60. The van der Waals surface area contributed by atoms with Crippen molar-refractivity contribution < 1.29 is 4.74 Å².